The Morgan fingerprint density at radius 1 is 1.32 bits per heavy atom. The molecular weight excluding hydrogens is 389 g/mol. The molecule has 0 saturated heterocycles. The fourth-order valence-corrected chi connectivity index (χ4v) is 2.28. The number of ether oxygens (including phenoxy) is 2. The fraction of sp³-hybridized carbons (Fsp3) is 0.211. The molecule has 0 unspecified atom stereocenters. The Labute approximate surface area is 166 Å². The van der Waals surface area contributed by atoms with Gasteiger partial charge in [-0.3, -0.25) is 9.59 Å². The summed E-state index contributed by atoms with van der Waals surface area (Å²) in [5.41, 5.74) is 0.706. The average molecular weight is 408 g/mol. The van der Waals surface area contributed by atoms with Crippen molar-refractivity contribution in [2.24, 2.45) is 0 Å². The molecule has 9 heteroatoms. The third-order valence-electron chi connectivity index (χ3n) is 3.50. The molecule has 0 radical (unpaired) electrons. The van der Waals surface area contributed by atoms with Crippen LogP contribution >= 0.6 is 11.6 Å². The molecule has 0 saturated carbocycles. The average Bonchev–Trinajstić information content (AvgIpc) is 2.68. The molecule has 0 spiro atoms. The van der Waals surface area contributed by atoms with Crippen LogP contribution in [0.1, 0.15) is 16.8 Å². The van der Waals surface area contributed by atoms with Crippen LogP contribution < -0.4 is 20.1 Å². The Morgan fingerprint density at radius 3 is 2.82 bits per heavy atom. The lowest BCUT2D eigenvalue weighted by atomic mass is 10.2. The second kappa shape index (κ2) is 10.3. The van der Waals surface area contributed by atoms with Crippen molar-refractivity contribution in [1.82, 2.24) is 15.6 Å². The Hall–Kier alpha value is -3.13. The van der Waals surface area contributed by atoms with Gasteiger partial charge in [0.05, 0.1) is 12.1 Å². The van der Waals surface area contributed by atoms with Crippen LogP contribution in [0.25, 0.3) is 0 Å². The fourth-order valence-electron chi connectivity index (χ4n) is 2.16. The van der Waals surface area contributed by atoms with Crippen LogP contribution in [0, 0.1) is 5.82 Å². The van der Waals surface area contributed by atoms with Crippen molar-refractivity contribution in [3.05, 3.63) is 65.2 Å². The summed E-state index contributed by atoms with van der Waals surface area (Å²) in [6, 6.07) is 7.10. The SMILES string of the molecule is C=C(CCNC(=O)c1cccnc1OC)NC(=O)COc1ccc(Cl)c(F)c1. The molecule has 2 amide bonds. The minimum atomic E-state index is -0.634. The first-order valence-corrected chi connectivity index (χ1v) is 8.61. The number of carbonyl (C=O) groups is 2. The molecule has 2 rings (SSSR count). The van der Waals surface area contributed by atoms with Crippen molar-refractivity contribution in [3.63, 3.8) is 0 Å². The zero-order valence-electron chi connectivity index (χ0n) is 15.1. The highest BCUT2D eigenvalue weighted by molar-refractivity contribution is 6.30. The molecule has 1 heterocycles. The Balaban J connectivity index is 1.72. The predicted molar refractivity (Wildman–Crippen MR) is 102 cm³/mol. The second-order valence-corrected chi connectivity index (χ2v) is 5.99. The number of aromatic nitrogens is 1. The number of rotatable bonds is 9. The maximum atomic E-state index is 13.3. The van der Waals surface area contributed by atoms with Gasteiger partial charge < -0.3 is 20.1 Å². The number of pyridine rings is 1. The van der Waals surface area contributed by atoms with E-state index >= 15 is 0 Å². The van der Waals surface area contributed by atoms with Crippen LogP contribution in [-0.2, 0) is 4.79 Å². The van der Waals surface area contributed by atoms with Crippen molar-refractivity contribution in [2.75, 3.05) is 20.3 Å². The van der Waals surface area contributed by atoms with E-state index in [9.17, 15) is 14.0 Å². The lowest BCUT2D eigenvalue weighted by molar-refractivity contribution is -0.122. The number of carbonyl (C=O) groups excluding carboxylic acids is 2. The van der Waals surface area contributed by atoms with Gasteiger partial charge in [0, 0.05) is 30.9 Å². The topological polar surface area (TPSA) is 89.5 Å². The van der Waals surface area contributed by atoms with Crippen molar-refractivity contribution < 1.29 is 23.5 Å². The number of halogens is 2. The van der Waals surface area contributed by atoms with Gasteiger partial charge in [0.2, 0.25) is 5.88 Å². The standard InChI is InChI=1S/C19H19ClFN3O4/c1-12(7-9-22-18(26)14-4-3-8-23-19(14)27-2)24-17(25)11-28-13-5-6-15(20)16(21)10-13/h3-6,8,10H,1,7,9,11H2,2H3,(H,22,26)(H,24,25). The van der Waals surface area contributed by atoms with E-state index in [0.29, 0.717) is 17.7 Å². The summed E-state index contributed by atoms with van der Waals surface area (Å²) in [5, 5.41) is 5.20. The summed E-state index contributed by atoms with van der Waals surface area (Å²) in [4.78, 5) is 27.9. The summed E-state index contributed by atoms with van der Waals surface area (Å²) in [6.45, 7) is 3.65. The molecule has 0 aliphatic heterocycles. The van der Waals surface area contributed by atoms with Crippen LogP contribution in [0.15, 0.2) is 48.8 Å². The second-order valence-electron chi connectivity index (χ2n) is 5.58. The van der Waals surface area contributed by atoms with Crippen LogP contribution in [-0.4, -0.2) is 37.1 Å². The van der Waals surface area contributed by atoms with E-state index in [2.05, 4.69) is 22.2 Å². The Morgan fingerprint density at radius 2 is 2.11 bits per heavy atom. The van der Waals surface area contributed by atoms with Crippen LogP contribution in [0.3, 0.4) is 0 Å². The first-order valence-electron chi connectivity index (χ1n) is 8.23. The molecule has 1 aromatic heterocycles. The number of nitrogens with zero attached hydrogens (tertiary/aromatic N) is 1. The van der Waals surface area contributed by atoms with Gasteiger partial charge in [-0.2, -0.15) is 0 Å². The molecule has 2 aromatic rings. The van der Waals surface area contributed by atoms with Crippen LogP contribution in [0.2, 0.25) is 5.02 Å². The number of benzene rings is 1. The maximum Gasteiger partial charge on any atom is 0.262 e. The van der Waals surface area contributed by atoms with Gasteiger partial charge in [-0.15, -0.1) is 0 Å². The number of amides is 2. The zero-order valence-corrected chi connectivity index (χ0v) is 15.9. The smallest absolute Gasteiger partial charge is 0.262 e. The third-order valence-corrected chi connectivity index (χ3v) is 3.81. The van der Waals surface area contributed by atoms with E-state index in [1.165, 1.54) is 25.4 Å². The van der Waals surface area contributed by atoms with E-state index < -0.39 is 11.7 Å². The monoisotopic (exact) mass is 407 g/mol. The molecule has 0 aliphatic carbocycles. The molecule has 0 atom stereocenters. The molecule has 148 valence electrons. The maximum absolute atomic E-state index is 13.3. The molecular formula is C19H19ClFN3O4. The van der Waals surface area contributed by atoms with E-state index in [-0.39, 0.29) is 35.7 Å². The summed E-state index contributed by atoms with van der Waals surface area (Å²) in [7, 11) is 1.43. The van der Waals surface area contributed by atoms with E-state index in [0.717, 1.165) is 6.07 Å². The number of nitrogens with one attached hydrogen (secondary N) is 2. The molecule has 2 N–H and O–H groups in total. The summed E-state index contributed by atoms with van der Waals surface area (Å²) < 4.78 is 23.5. The zero-order chi connectivity index (χ0) is 20.5. The normalized spacial score (nSPS) is 10.1. The highest BCUT2D eigenvalue weighted by Crippen LogP contribution is 2.20. The number of hydrogen-bond donors (Lipinski definition) is 2. The number of hydrogen-bond acceptors (Lipinski definition) is 5. The third kappa shape index (κ3) is 6.24. The predicted octanol–water partition coefficient (Wildman–Crippen LogP) is 2.71. The first-order chi connectivity index (χ1) is 13.4. The number of methoxy groups -OCH3 is 1. The highest BCUT2D eigenvalue weighted by Gasteiger charge is 2.12. The minimum Gasteiger partial charge on any atom is -0.484 e. The van der Waals surface area contributed by atoms with Crippen molar-refractivity contribution in [3.8, 4) is 11.6 Å². The van der Waals surface area contributed by atoms with Crippen molar-refractivity contribution >= 4 is 23.4 Å². The minimum absolute atomic E-state index is 0.0314. The van der Waals surface area contributed by atoms with Gasteiger partial charge in [0.25, 0.3) is 11.8 Å². The molecule has 0 fully saturated rings. The Bertz CT molecular complexity index is 876. The van der Waals surface area contributed by atoms with E-state index in [1.807, 2.05) is 0 Å². The van der Waals surface area contributed by atoms with Crippen molar-refractivity contribution in [1.29, 1.82) is 0 Å². The molecule has 7 nitrogen and oxygen atoms in total. The molecule has 28 heavy (non-hydrogen) atoms. The van der Waals surface area contributed by atoms with Crippen LogP contribution in [0.4, 0.5) is 4.39 Å². The van der Waals surface area contributed by atoms with Gasteiger partial charge in [0.15, 0.2) is 6.61 Å². The summed E-state index contributed by atoms with van der Waals surface area (Å²) >= 11 is 5.58. The largest absolute Gasteiger partial charge is 0.484 e. The Kier molecular flexibility index (Phi) is 7.76. The lowest BCUT2D eigenvalue weighted by Crippen LogP contribution is -2.31. The van der Waals surface area contributed by atoms with Gasteiger partial charge in [-0.25, -0.2) is 9.37 Å². The van der Waals surface area contributed by atoms with Gasteiger partial charge >= 0.3 is 0 Å². The van der Waals surface area contributed by atoms with Gasteiger partial charge in [0.1, 0.15) is 17.1 Å². The quantitative estimate of drug-likeness (QED) is 0.667. The lowest BCUT2D eigenvalue weighted by Gasteiger charge is -2.11. The first kappa shape index (κ1) is 21.2. The highest BCUT2D eigenvalue weighted by atomic mass is 35.5. The molecule has 0 aliphatic rings. The van der Waals surface area contributed by atoms with Gasteiger partial charge in [-0.1, -0.05) is 18.2 Å². The summed E-state index contributed by atoms with van der Waals surface area (Å²) in [5.74, 6) is -1.04. The van der Waals surface area contributed by atoms with Crippen LogP contribution in [0.5, 0.6) is 11.6 Å². The van der Waals surface area contributed by atoms with Gasteiger partial charge in [-0.05, 0) is 24.3 Å². The van der Waals surface area contributed by atoms with E-state index in [1.54, 1.807) is 12.1 Å². The van der Waals surface area contributed by atoms with Crippen molar-refractivity contribution in [2.45, 2.75) is 6.42 Å². The molecule has 1 aromatic carbocycles. The summed E-state index contributed by atoms with van der Waals surface area (Å²) in [6.07, 6.45) is 1.84. The molecule has 0 bridgehead atoms. The van der Waals surface area contributed by atoms with E-state index in [4.69, 9.17) is 21.1 Å².